The summed E-state index contributed by atoms with van der Waals surface area (Å²) in [5.74, 6) is 0.991. The zero-order valence-electron chi connectivity index (χ0n) is 17.8. The van der Waals surface area contributed by atoms with E-state index in [2.05, 4.69) is 83.6 Å². The summed E-state index contributed by atoms with van der Waals surface area (Å²) < 4.78 is 0. The minimum atomic E-state index is 0.320. The number of hydrogen-bond acceptors (Lipinski definition) is 2. The largest absolute Gasteiger partial charge is 0.370 e. The molecule has 0 saturated carbocycles. The van der Waals surface area contributed by atoms with Crippen LogP contribution in [0.2, 0.25) is 10.0 Å². The van der Waals surface area contributed by atoms with E-state index in [1.165, 1.54) is 37.1 Å². The molecule has 0 N–H and O–H groups in total. The molecule has 3 aromatic rings. The number of piperidine rings is 3. The minimum Gasteiger partial charge on any atom is -0.370 e. The van der Waals surface area contributed by atoms with Crippen molar-refractivity contribution < 1.29 is 0 Å². The van der Waals surface area contributed by atoms with E-state index in [1.54, 1.807) is 0 Å². The van der Waals surface area contributed by atoms with E-state index < -0.39 is 0 Å². The molecular formula is C27H28Cl2N2. The Kier molecular flexibility index (Phi) is 5.97. The summed E-state index contributed by atoms with van der Waals surface area (Å²) in [6.07, 6.45) is 2.51. The third-order valence-corrected chi connectivity index (χ3v) is 7.98. The average Bonchev–Trinajstić information content (AvgIpc) is 2.83. The van der Waals surface area contributed by atoms with Gasteiger partial charge in [-0.05, 0) is 61.2 Å². The van der Waals surface area contributed by atoms with Crippen LogP contribution in [0.15, 0.2) is 78.9 Å². The standard InChI is InChI=1S/C27H28Cl2N2/c1-30(22-12-13-23(28)24(29)18-22)26-21-14-16-31(17-15-21)27(26)25(19-8-4-2-5-9-19)20-10-6-3-7-11-20/h2-13,18,21,25-27H,14-17H2,1H3/t26-,27-/m1/s1. The van der Waals surface area contributed by atoms with Crippen molar-refractivity contribution in [3.8, 4) is 0 Å². The Bertz CT molecular complexity index is 976. The van der Waals surface area contributed by atoms with Crippen molar-refractivity contribution in [2.24, 2.45) is 5.92 Å². The maximum Gasteiger partial charge on any atom is 0.0612 e. The summed E-state index contributed by atoms with van der Waals surface area (Å²) in [4.78, 5) is 5.19. The molecule has 160 valence electrons. The average molecular weight is 451 g/mol. The molecule has 0 spiro atoms. The SMILES string of the molecule is CN(c1ccc(Cl)c(Cl)c1)[C@@H]1C2CCN(CC2)[C@@H]1C(c1ccccc1)c1ccccc1. The van der Waals surface area contributed by atoms with Crippen LogP contribution in [0.25, 0.3) is 0 Å². The highest BCUT2D eigenvalue weighted by atomic mass is 35.5. The van der Waals surface area contributed by atoms with E-state index in [0.29, 0.717) is 34.0 Å². The number of nitrogens with zero attached hydrogens (tertiary/aromatic N) is 2. The molecule has 3 aromatic carbocycles. The monoisotopic (exact) mass is 450 g/mol. The van der Waals surface area contributed by atoms with Gasteiger partial charge in [-0.1, -0.05) is 83.9 Å². The molecule has 0 aliphatic carbocycles. The summed E-state index contributed by atoms with van der Waals surface area (Å²) in [6, 6.07) is 28.9. The highest BCUT2D eigenvalue weighted by Gasteiger charge is 2.48. The lowest BCUT2D eigenvalue weighted by Crippen LogP contribution is -2.65. The first-order chi connectivity index (χ1) is 15.1. The predicted molar refractivity (Wildman–Crippen MR) is 131 cm³/mol. The maximum atomic E-state index is 6.40. The van der Waals surface area contributed by atoms with E-state index >= 15 is 0 Å². The molecule has 2 atom stereocenters. The number of likely N-dealkylation sites (N-methyl/N-ethyl adjacent to an activating group) is 1. The zero-order chi connectivity index (χ0) is 21.4. The van der Waals surface area contributed by atoms with E-state index in [4.69, 9.17) is 23.2 Å². The van der Waals surface area contributed by atoms with Gasteiger partial charge in [0.1, 0.15) is 0 Å². The highest BCUT2D eigenvalue weighted by Crippen LogP contribution is 2.45. The molecule has 3 saturated heterocycles. The molecule has 3 heterocycles. The first kappa shape index (κ1) is 20.9. The topological polar surface area (TPSA) is 6.48 Å². The predicted octanol–water partition coefficient (Wildman–Crippen LogP) is 6.72. The Morgan fingerprint density at radius 1 is 0.806 bits per heavy atom. The summed E-state index contributed by atoms with van der Waals surface area (Å²) in [5, 5.41) is 1.22. The number of anilines is 1. The summed E-state index contributed by atoms with van der Waals surface area (Å²) >= 11 is 12.6. The van der Waals surface area contributed by atoms with Crippen molar-refractivity contribution in [1.82, 2.24) is 4.90 Å². The van der Waals surface area contributed by atoms with Gasteiger partial charge in [0.05, 0.1) is 10.0 Å². The van der Waals surface area contributed by atoms with Crippen LogP contribution in [0, 0.1) is 5.92 Å². The van der Waals surface area contributed by atoms with Gasteiger partial charge in [-0.3, -0.25) is 4.90 Å². The second kappa shape index (κ2) is 8.86. The van der Waals surface area contributed by atoms with Gasteiger partial charge in [0.2, 0.25) is 0 Å². The lowest BCUT2D eigenvalue weighted by Gasteiger charge is -2.56. The quantitative estimate of drug-likeness (QED) is 0.425. The third kappa shape index (κ3) is 3.98. The fourth-order valence-electron chi connectivity index (χ4n) is 5.79. The molecule has 0 radical (unpaired) electrons. The minimum absolute atomic E-state index is 0.320. The van der Waals surface area contributed by atoms with Gasteiger partial charge in [-0.2, -0.15) is 0 Å². The van der Waals surface area contributed by atoms with E-state index in [0.717, 1.165) is 5.69 Å². The number of rotatable bonds is 5. The second-order valence-corrected chi connectivity index (χ2v) is 9.68. The van der Waals surface area contributed by atoms with E-state index in [-0.39, 0.29) is 0 Å². The fourth-order valence-corrected chi connectivity index (χ4v) is 6.08. The molecule has 6 rings (SSSR count). The Morgan fingerprint density at radius 2 is 1.39 bits per heavy atom. The lowest BCUT2D eigenvalue weighted by atomic mass is 9.70. The van der Waals surface area contributed by atoms with Gasteiger partial charge in [0, 0.05) is 30.7 Å². The Hall–Kier alpha value is -2.00. The fraction of sp³-hybridized carbons (Fsp3) is 0.333. The number of benzene rings is 3. The Labute approximate surface area is 195 Å². The molecular weight excluding hydrogens is 423 g/mol. The van der Waals surface area contributed by atoms with Crippen LogP contribution in [0.1, 0.15) is 29.9 Å². The van der Waals surface area contributed by atoms with Crippen LogP contribution in [-0.2, 0) is 0 Å². The van der Waals surface area contributed by atoms with E-state index in [1.807, 2.05) is 12.1 Å². The molecule has 0 unspecified atom stereocenters. The summed E-state index contributed by atoms with van der Waals surface area (Å²) in [6.45, 7) is 2.36. The van der Waals surface area contributed by atoms with Gasteiger partial charge in [0.25, 0.3) is 0 Å². The molecule has 3 aliphatic heterocycles. The van der Waals surface area contributed by atoms with Crippen molar-refractivity contribution in [3.63, 3.8) is 0 Å². The van der Waals surface area contributed by atoms with Gasteiger partial charge >= 0.3 is 0 Å². The van der Waals surface area contributed by atoms with Crippen LogP contribution in [-0.4, -0.2) is 37.1 Å². The molecule has 0 amide bonds. The molecule has 31 heavy (non-hydrogen) atoms. The summed E-state index contributed by atoms with van der Waals surface area (Å²) in [5.41, 5.74) is 3.91. The molecule has 4 heteroatoms. The molecule has 2 nitrogen and oxygen atoms in total. The molecule has 3 aliphatic rings. The normalized spacial score (nSPS) is 25.0. The first-order valence-electron chi connectivity index (χ1n) is 11.2. The van der Waals surface area contributed by atoms with Crippen molar-refractivity contribution in [2.45, 2.75) is 30.8 Å². The van der Waals surface area contributed by atoms with Gasteiger partial charge in [-0.15, -0.1) is 0 Å². The van der Waals surface area contributed by atoms with Crippen molar-refractivity contribution in [3.05, 3.63) is 100 Å². The van der Waals surface area contributed by atoms with Crippen LogP contribution < -0.4 is 4.90 Å². The summed E-state index contributed by atoms with van der Waals surface area (Å²) in [7, 11) is 2.23. The van der Waals surface area contributed by atoms with Crippen molar-refractivity contribution in [1.29, 1.82) is 0 Å². The number of fused-ring (bicyclic) bond motifs is 3. The molecule has 0 aromatic heterocycles. The number of halogens is 2. The van der Waals surface area contributed by atoms with Gasteiger partial charge in [-0.25, -0.2) is 0 Å². The first-order valence-corrected chi connectivity index (χ1v) is 11.9. The van der Waals surface area contributed by atoms with Crippen LogP contribution in [0.4, 0.5) is 5.69 Å². The van der Waals surface area contributed by atoms with E-state index in [9.17, 15) is 0 Å². The second-order valence-electron chi connectivity index (χ2n) is 8.86. The lowest BCUT2D eigenvalue weighted by molar-refractivity contribution is 0.0186. The number of hydrogen-bond donors (Lipinski definition) is 0. The Balaban J connectivity index is 1.60. The zero-order valence-corrected chi connectivity index (χ0v) is 19.3. The van der Waals surface area contributed by atoms with Crippen molar-refractivity contribution >= 4 is 28.9 Å². The van der Waals surface area contributed by atoms with Gasteiger partial charge < -0.3 is 4.90 Å². The van der Waals surface area contributed by atoms with Crippen molar-refractivity contribution in [2.75, 3.05) is 25.0 Å². The Morgan fingerprint density at radius 3 is 1.94 bits per heavy atom. The van der Waals surface area contributed by atoms with Crippen LogP contribution in [0.5, 0.6) is 0 Å². The smallest absolute Gasteiger partial charge is 0.0612 e. The van der Waals surface area contributed by atoms with Crippen LogP contribution >= 0.6 is 23.2 Å². The highest BCUT2D eigenvalue weighted by molar-refractivity contribution is 6.42. The third-order valence-electron chi connectivity index (χ3n) is 7.25. The van der Waals surface area contributed by atoms with Crippen LogP contribution in [0.3, 0.4) is 0 Å². The molecule has 3 fully saturated rings. The van der Waals surface area contributed by atoms with Gasteiger partial charge in [0.15, 0.2) is 0 Å². The molecule has 2 bridgehead atoms. The maximum absolute atomic E-state index is 6.40.